The Morgan fingerprint density at radius 3 is 2.61 bits per heavy atom. The minimum Gasteiger partial charge on any atom is -0.450 e. The number of amides is 2. The molecule has 0 bridgehead atoms. The third kappa shape index (κ3) is 4.98. The van der Waals surface area contributed by atoms with Gasteiger partial charge in [0.05, 0.1) is 29.0 Å². The number of nitrogens with two attached hydrogens (primary N) is 1. The zero-order chi connectivity index (χ0) is 31.4. The van der Waals surface area contributed by atoms with Crippen LogP contribution in [0.1, 0.15) is 31.4 Å². The standard InChI is InChI=1S/C34H33N7O4S/c1-20-27(19-39-10-12-41(13-11-39)34(43)26-18-21-4-2-6-24(31(35)42)29(21)45-26)46-30-28(20)37-32(38-33(30)40-14-16-44-17-15-40)23-5-3-7-25-22(23)8-9-36-25/h2-9,18,36H,10-17,19H2,1H3,(H2,35,42). The van der Waals surface area contributed by atoms with E-state index in [2.05, 4.69) is 39.9 Å². The molecular weight excluding hydrogens is 602 g/mol. The van der Waals surface area contributed by atoms with E-state index in [0.29, 0.717) is 37.3 Å². The maximum absolute atomic E-state index is 13.4. The average molecular weight is 636 g/mol. The number of furan rings is 1. The Labute approximate surface area is 268 Å². The van der Waals surface area contributed by atoms with Crippen molar-refractivity contribution in [2.45, 2.75) is 13.5 Å². The van der Waals surface area contributed by atoms with Crippen LogP contribution in [-0.2, 0) is 11.3 Å². The molecule has 3 N–H and O–H groups in total. The number of nitrogens with one attached hydrogen (secondary N) is 1. The summed E-state index contributed by atoms with van der Waals surface area (Å²) in [6.07, 6.45) is 1.95. The predicted molar refractivity (Wildman–Crippen MR) is 178 cm³/mol. The second-order valence-corrected chi connectivity index (χ2v) is 12.9. The molecule has 46 heavy (non-hydrogen) atoms. The number of para-hydroxylation sites is 1. The highest BCUT2D eigenvalue weighted by molar-refractivity contribution is 7.19. The number of thiophene rings is 1. The number of rotatable bonds is 6. The highest BCUT2D eigenvalue weighted by atomic mass is 32.1. The molecule has 2 aliphatic rings. The zero-order valence-electron chi connectivity index (χ0n) is 25.4. The smallest absolute Gasteiger partial charge is 0.289 e. The van der Waals surface area contributed by atoms with E-state index >= 15 is 0 Å². The summed E-state index contributed by atoms with van der Waals surface area (Å²) < 4.78 is 12.6. The van der Waals surface area contributed by atoms with E-state index in [1.807, 2.05) is 23.2 Å². The number of benzene rings is 2. The van der Waals surface area contributed by atoms with Gasteiger partial charge in [-0.2, -0.15) is 0 Å². The first-order valence-corrected chi connectivity index (χ1v) is 16.3. The molecule has 2 aliphatic heterocycles. The number of aromatic nitrogens is 3. The molecule has 12 heteroatoms. The van der Waals surface area contributed by atoms with E-state index in [-0.39, 0.29) is 17.2 Å². The fourth-order valence-electron chi connectivity index (χ4n) is 6.49. The molecule has 234 valence electrons. The number of nitrogens with zero attached hydrogens (tertiary/aromatic N) is 5. The van der Waals surface area contributed by atoms with Crippen molar-refractivity contribution in [1.82, 2.24) is 24.8 Å². The van der Waals surface area contributed by atoms with Gasteiger partial charge in [0.25, 0.3) is 11.8 Å². The van der Waals surface area contributed by atoms with Crippen LogP contribution < -0.4 is 10.6 Å². The third-order valence-corrected chi connectivity index (χ3v) is 10.3. The Bertz CT molecular complexity index is 2120. The van der Waals surface area contributed by atoms with E-state index < -0.39 is 5.91 Å². The minimum absolute atomic E-state index is 0.181. The Kier molecular flexibility index (Phi) is 7.19. The number of ether oxygens (including phenoxy) is 1. The Hall–Kier alpha value is -4.78. The van der Waals surface area contributed by atoms with Gasteiger partial charge in [-0.15, -0.1) is 11.3 Å². The van der Waals surface area contributed by atoms with Crippen molar-refractivity contribution in [1.29, 1.82) is 0 Å². The molecule has 6 heterocycles. The monoisotopic (exact) mass is 635 g/mol. The van der Waals surface area contributed by atoms with Crippen molar-refractivity contribution in [2.75, 3.05) is 57.4 Å². The summed E-state index contributed by atoms with van der Waals surface area (Å²) in [4.78, 5) is 46.6. The summed E-state index contributed by atoms with van der Waals surface area (Å²) in [6.45, 7) is 8.47. The molecule has 2 aromatic carbocycles. The quantitative estimate of drug-likeness (QED) is 0.267. The number of aromatic amines is 1. The number of anilines is 1. The normalized spacial score (nSPS) is 16.2. The van der Waals surface area contributed by atoms with E-state index in [4.69, 9.17) is 24.9 Å². The number of piperazine rings is 1. The van der Waals surface area contributed by atoms with Crippen LogP contribution in [-0.4, -0.2) is 89.0 Å². The molecule has 0 saturated carbocycles. The Morgan fingerprint density at radius 1 is 1.00 bits per heavy atom. The molecule has 0 spiro atoms. The van der Waals surface area contributed by atoms with Crippen molar-refractivity contribution in [2.24, 2.45) is 5.73 Å². The largest absolute Gasteiger partial charge is 0.450 e. The SMILES string of the molecule is Cc1c(CN2CCN(C(=O)c3cc4cccc(C(N)=O)c4o3)CC2)sc2c(N3CCOCC3)nc(-c3cccc4[nH]ccc34)nc12. The molecule has 6 aromatic rings. The van der Waals surface area contributed by atoms with Gasteiger partial charge in [0, 0.05) is 78.7 Å². The van der Waals surface area contributed by atoms with Crippen LogP contribution in [0, 0.1) is 6.92 Å². The Morgan fingerprint density at radius 2 is 1.80 bits per heavy atom. The van der Waals surface area contributed by atoms with Gasteiger partial charge in [-0.3, -0.25) is 14.5 Å². The van der Waals surface area contributed by atoms with E-state index in [1.165, 1.54) is 10.4 Å². The lowest BCUT2D eigenvalue weighted by atomic mass is 10.1. The number of carbonyl (C=O) groups is 2. The highest BCUT2D eigenvalue weighted by Gasteiger charge is 2.28. The molecule has 0 aliphatic carbocycles. The van der Waals surface area contributed by atoms with Crippen LogP contribution in [0.3, 0.4) is 0 Å². The highest BCUT2D eigenvalue weighted by Crippen LogP contribution is 2.39. The van der Waals surface area contributed by atoms with Crippen LogP contribution in [0.15, 0.2) is 59.1 Å². The first-order chi connectivity index (χ1) is 22.4. The van der Waals surface area contributed by atoms with Crippen molar-refractivity contribution < 1.29 is 18.7 Å². The number of morpholine rings is 1. The maximum Gasteiger partial charge on any atom is 0.289 e. The van der Waals surface area contributed by atoms with Gasteiger partial charge in [0.2, 0.25) is 0 Å². The number of H-pyrrole nitrogens is 1. The first-order valence-electron chi connectivity index (χ1n) is 15.5. The second kappa shape index (κ2) is 11.5. The van der Waals surface area contributed by atoms with Crippen molar-refractivity contribution >= 4 is 61.1 Å². The molecule has 4 aromatic heterocycles. The minimum atomic E-state index is -0.582. The molecule has 0 unspecified atom stereocenters. The summed E-state index contributed by atoms with van der Waals surface area (Å²) in [6, 6.07) is 15.1. The molecule has 2 amide bonds. The van der Waals surface area contributed by atoms with E-state index in [1.54, 1.807) is 29.5 Å². The maximum atomic E-state index is 13.4. The predicted octanol–water partition coefficient (Wildman–Crippen LogP) is 4.79. The van der Waals surface area contributed by atoms with Crippen LogP contribution >= 0.6 is 11.3 Å². The number of hydrogen-bond acceptors (Lipinski definition) is 9. The topological polar surface area (TPSA) is 134 Å². The molecule has 11 nitrogen and oxygen atoms in total. The lowest BCUT2D eigenvalue weighted by molar-refractivity contribution is 0.0600. The molecule has 8 rings (SSSR count). The fraction of sp³-hybridized carbons (Fsp3) is 0.294. The van der Waals surface area contributed by atoms with Gasteiger partial charge in [-0.05, 0) is 36.8 Å². The fourth-order valence-corrected chi connectivity index (χ4v) is 7.80. The molecule has 0 radical (unpaired) electrons. The summed E-state index contributed by atoms with van der Waals surface area (Å²) in [5.41, 5.74) is 10.4. The summed E-state index contributed by atoms with van der Waals surface area (Å²) in [5, 5.41) is 1.79. The van der Waals surface area contributed by atoms with Gasteiger partial charge < -0.3 is 29.7 Å². The lowest BCUT2D eigenvalue weighted by Crippen LogP contribution is -2.48. The number of fused-ring (bicyclic) bond motifs is 3. The van der Waals surface area contributed by atoms with Crippen LogP contribution in [0.5, 0.6) is 0 Å². The average Bonchev–Trinajstić information content (AvgIpc) is 3.82. The second-order valence-electron chi connectivity index (χ2n) is 11.8. The van der Waals surface area contributed by atoms with Crippen LogP contribution in [0.4, 0.5) is 5.82 Å². The van der Waals surface area contributed by atoms with E-state index in [0.717, 1.165) is 71.0 Å². The van der Waals surface area contributed by atoms with Crippen LogP contribution in [0.2, 0.25) is 0 Å². The lowest BCUT2D eigenvalue weighted by Gasteiger charge is -2.34. The van der Waals surface area contributed by atoms with Crippen molar-refractivity contribution in [3.05, 3.63) is 76.5 Å². The first kappa shape index (κ1) is 28.7. The third-order valence-electron chi connectivity index (χ3n) is 9.04. The zero-order valence-corrected chi connectivity index (χ0v) is 26.2. The van der Waals surface area contributed by atoms with Crippen molar-refractivity contribution in [3.8, 4) is 11.4 Å². The van der Waals surface area contributed by atoms with E-state index in [9.17, 15) is 9.59 Å². The number of primary amides is 1. The van der Waals surface area contributed by atoms with Gasteiger partial charge in [-0.1, -0.05) is 24.3 Å². The van der Waals surface area contributed by atoms with Crippen molar-refractivity contribution in [3.63, 3.8) is 0 Å². The molecular formula is C34H33N7O4S. The summed E-state index contributed by atoms with van der Waals surface area (Å²) in [7, 11) is 0. The summed E-state index contributed by atoms with van der Waals surface area (Å²) in [5.74, 6) is 1.15. The molecule has 0 atom stereocenters. The van der Waals surface area contributed by atoms with Gasteiger partial charge in [-0.25, -0.2) is 9.97 Å². The molecule has 2 saturated heterocycles. The number of aryl methyl sites for hydroxylation is 1. The number of hydrogen-bond donors (Lipinski definition) is 2. The van der Waals surface area contributed by atoms with Gasteiger partial charge in [0.15, 0.2) is 17.4 Å². The molecule has 2 fully saturated rings. The summed E-state index contributed by atoms with van der Waals surface area (Å²) >= 11 is 1.77. The number of carbonyl (C=O) groups excluding carboxylic acids is 2. The Balaban J connectivity index is 1.05. The van der Waals surface area contributed by atoms with Gasteiger partial charge in [0.1, 0.15) is 5.58 Å². The van der Waals surface area contributed by atoms with Gasteiger partial charge >= 0.3 is 0 Å². The van der Waals surface area contributed by atoms with Crippen LogP contribution in [0.25, 0.3) is 43.5 Å².